The molecule has 1 N–H and O–H groups in total. The van der Waals surface area contributed by atoms with Gasteiger partial charge in [-0.3, -0.25) is 4.68 Å². The van der Waals surface area contributed by atoms with Crippen LogP contribution in [0.2, 0.25) is 0 Å². The summed E-state index contributed by atoms with van der Waals surface area (Å²) in [6, 6.07) is 2.02. The van der Waals surface area contributed by atoms with E-state index in [1.807, 2.05) is 13.1 Å². The van der Waals surface area contributed by atoms with Gasteiger partial charge in [-0.2, -0.15) is 5.10 Å². The molecule has 0 saturated carbocycles. The van der Waals surface area contributed by atoms with Crippen molar-refractivity contribution in [2.75, 3.05) is 19.8 Å². The van der Waals surface area contributed by atoms with E-state index in [1.165, 1.54) is 0 Å². The molecule has 4 nitrogen and oxygen atoms in total. The van der Waals surface area contributed by atoms with Gasteiger partial charge in [0.2, 0.25) is 0 Å². The fourth-order valence-electron chi connectivity index (χ4n) is 1.77. The zero-order valence-corrected chi connectivity index (χ0v) is 10.9. The molecule has 104 valence electrons. The van der Waals surface area contributed by atoms with Crippen molar-refractivity contribution in [3.63, 3.8) is 0 Å². The van der Waals surface area contributed by atoms with E-state index in [9.17, 15) is 8.78 Å². The van der Waals surface area contributed by atoms with Crippen LogP contribution in [0, 0.1) is 0 Å². The minimum Gasteiger partial charge on any atom is -0.375 e. The number of halogens is 2. The van der Waals surface area contributed by atoms with E-state index >= 15 is 0 Å². The summed E-state index contributed by atoms with van der Waals surface area (Å²) in [4.78, 5) is 0. The second-order valence-corrected chi connectivity index (χ2v) is 4.14. The molecule has 0 saturated heterocycles. The molecule has 6 heteroatoms. The summed E-state index contributed by atoms with van der Waals surface area (Å²) in [6.07, 6.45) is 1.01. The number of ether oxygens (including phenoxy) is 1. The number of aromatic nitrogens is 2. The molecular formula is C12H21F2N3O. The van der Waals surface area contributed by atoms with Crippen molar-refractivity contribution in [2.24, 2.45) is 7.05 Å². The van der Waals surface area contributed by atoms with Crippen molar-refractivity contribution in [2.45, 2.75) is 32.2 Å². The van der Waals surface area contributed by atoms with E-state index < -0.39 is 13.0 Å². The molecule has 1 aromatic rings. The quantitative estimate of drug-likeness (QED) is 0.692. The summed E-state index contributed by atoms with van der Waals surface area (Å²) in [5, 5.41) is 7.49. The Morgan fingerprint density at radius 2 is 2.28 bits per heavy atom. The molecule has 0 aromatic carbocycles. The minimum absolute atomic E-state index is 0.0927. The Labute approximate surface area is 106 Å². The van der Waals surface area contributed by atoms with Crippen LogP contribution < -0.4 is 5.32 Å². The largest absolute Gasteiger partial charge is 0.375 e. The first-order chi connectivity index (χ1) is 8.65. The molecule has 0 radical (unpaired) electrons. The highest BCUT2D eigenvalue weighted by atomic mass is 19.3. The van der Waals surface area contributed by atoms with Crippen LogP contribution in [0.3, 0.4) is 0 Å². The third kappa shape index (κ3) is 5.10. The first-order valence-corrected chi connectivity index (χ1v) is 6.22. The van der Waals surface area contributed by atoms with Gasteiger partial charge in [0, 0.05) is 19.9 Å². The number of aryl methyl sites for hydroxylation is 1. The lowest BCUT2D eigenvalue weighted by atomic mass is 10.1. The molecule has 0 spiro atoms. The second-order valence-electron chi connectivity index (χ2n) is 4.14. The van der Waals surface area contributed by atoms with Gasteiger partial charge in [-0.25, -0.2) is 8.78 Å². The number of hydrogen-bond donors (Lipinski definition) is 1. The van der Waals surface area contributed by atoms with E-state index in [0.29, 0.717) is 13.0 Å². The zero-order valence-electron chi connectivity index (χ0n) is 10.9. The summed E-state index contributed by atoms with van der Waals surface area (Å²) >= 11 is 0. The number of hydrogen-bond acceptors (Lipinski definition) is 3. The van der Waals surface area contributed by atoms with Crippen LogP contribution in [0.1, 0.15) is 31.5 Å². The zero-order chi connectivity index (χ0) is 13.4. The Kier molecular flexibility index (Phi) is 6.82. The van der Waals surface area contributed by atoms with E-state index in [0.717, 1.165) is 18.7 Å². The number of nitrogens with one attached hydrogen (secondary N) is 1. The Balaban J connectivity index is 2.44. The molecule has 0 aliphatic carbocycles. The van der Waals surface area contributed by atoms with E-state index in [-0.39, 0.29) is 6.04 Å². The van der Waals surface area contributed by atoms with Crippen LogP contribution in [-0.4, -0.2) is 36.0 Å². The maximum atomic E-state index is 11.9. The van der Waals surface area contributed by atoms with Crippen molar-refractivity contribution in [3.05, 3.63) is 18.0 Å². The lowest BCUT2D eigenvalue weighted by Gasteiger charge is -2.18. The normalized spacial score (nSPS) is 13.2. The predicted octanol–water partition coefficient (Wildman–Crippen LogP) is 2.13. The third-order valence-electron chi connectivity index (χ3n) is 2.65. The molecule has 0 amide bonds. The molecule has 0 fully saturated rings. The molecule has 1 atom stereocenters. The van der Waals surface area contributed by atoms with Gasteiger partial charge in [0.15, 0.2) is 0 Å². The Morgan fingerprint density at radius 3 is 2.83 bits per heavy atom. The smallest absolute Gasteiger partial charge is 0.261 e. The lowest BCUT2D eigenvalue weighted by Crippen LogP contribution is -2.25. The minimum atomic E-state index is -2.40. The maximum absolute atomic E-state index is 11.9. The van der Waals surface area contributed by atoms with Crippen molar-refractivity contribution < 1.29 is 13.5 Å². The van der Waals surface area contributed by atoms with Gasteiger partial charge in [0.05, 0.1) is 11.7 Å². The molecule has 1 heterocycles. The fraction of sp³-hybridized carbons (Fsp3) is 0.750. The molecular weight excluding hydrogens is 240 g/mol. The van der Waals surface area contributed by atoms with Crippen molar-refractivity contribution in [3.8, 4) is 0 Å². The highest BCUT2D eigenvalue weighted by Gasteiger charge is 2.14. The number of rotatable bonds is 9. The summed E-state index contributed by atoms with van der Waals surface area (Å²) in [6.45, 7) is 2.79. The topological polar surface area (TPSA) is 39.1 Å². The van der Waals surface area contributed by atoms with Gasteiger partial charge in [0.25, 0.3) is 6.43 Å². The molecule has 1 aromatic heterocycles. The first-order valence-electron chi connectivity index (χ1n) is 6.22. The van der Waals surface area contributed by atoms with E-state index in [4.69, 9.17) is 4.74 Å². The van der Waals surface area contributed by atoms with Crippen LogP contribution in [-0.2, 0) is 11.8 Å². The van der Waals surface area contributed by atoms with E-state index in [2.05, 4.69) is 17.3 Å². The molecule has 0 bridgehead atoms. The number of nitrogens with zero attached hydrogens (tertiary/aromatic N) is 2. The van der Waals surface area contributed by atoms with Crippen LogP contribution in [0.25, 0.3) is 0 Å². The molecule has 18 heavy (non-hydrogen) atoms. The third-order valence-corrected chi connectivity index (χ3v) is 2.65. The predicted molar refractivity (Wildman–Crippen MR) is 65.7 cm³/mol. The average molecular weight is 261 g/mol. The van der Waals surface area contributed by atoms with E-state index in [1.54, 1.807) is 10.9 Å². The van der Waals surface area contributed by atoms with Crippen LogP contribution in [0.15, 0.2) is 12.3 Å². The molecule has 0 aliphatic rings. The van der Waals surface area contributed by atoms with Gasteiger partial charge in [-0.1, -0.05) is 6.92 Å². The fourth-order valence-corrected chi connectivity index (χ4v) is 1.77. The van der Waals surface area contributed by atoms with Crippen molar-refractivity contribution in [1.82, 2.24) is 15.1 Å². The summed E-state index contributed by atoms with van der Waals surface area (Å²) in [7, 11) is 1.87. The van der Waals surface area contributed by atoms with Crippen LogP contribution in [0.4, 0.5) is 8.78 Å². The van der Waals surface area contributed by atoms with Crippen molar-refractivity contribution >= 4 is 0 Å². The molecule has 0 aliphatic heterocycles. The second kappa shape index (κ2) is 8.16. The summed E-state index contributed by atoms with van der Waals surface area (Å²) in [5.41, 5.74) is 1.05. The standard InChI is InChI=1S/C12H21F2N3O/c1-3-6-15-10(5-8-18-9-12(13)14)11-4-7-16-17(11)2/h4,7,10,12,15H,3,5-6,8-9H2,1-2H3. The lowest BCUT2D eigenvalue weighted by molar-refractivity contribution is 0.0142. The Hall–Kier alpha value is -1.01. The van der Waals surface area contributed by atoms with Gasteiger partial charge in [-0.15, -0.1) is 0 Å². The maximum Gasteiger partial charge on any atom is 0.261 e. The first kappa shape index (κ1) is 15.0. The van der Waals surface area contributed by atoms with Gasteiger partial charge in [-0.05, 0) is 25.5 Å². The molecule has 1 rings (SSSR count). The summed E-state index contributed by atoms with van der Waals surface area (Å²) < 4.78 is 30.6. The SMILES string of the molecule is CCCNC(CCOCC(F)F)c1ccnn1C. The van der Waals surface area contributed by atoms with Gasteiger partial charge in [0.1, 0.15) is 6.61 Å². The summed E-state index contributed by atoms with van der Waals surface area (Å²) in [5.74, 6) is 0. The highest BCUT2D eigenvalue weighted by Crippen LogP contribution is 2.15. The van der Waals surface area contributed by atoms with Crippen molar-refractivity contribution in [1.29, 1.82) is 0 Å². The van der Waals surface area contributed by atoms with Gasteiger partial charge >= 0.3 is 0 Å². The van der Waals surface area contributed by atoms with Gasteiger partial charge < -0.3 is 10.1 Å². The number of alkyl halides is 2. The highest BCUT2D eigenvalue weighted by molar-refractivity contribution is 5.06. The Morgan fingerprint density at radius 1 is 1.50 bits per heavy atom. The molecule has 1 unspecified atom stereocenters. The Bertz CT molecular complexity index is 331. The van der Waals surface area contributed by atoms with Crippen LogP contribution >= 0.6 is 0 Å². The monoisotopic (exact) mass is 261 g/mol. The average Bonchev–Trinajstić information content (AvgIpc) is 2.74. The van der Waals surface area contributed by atoms with Crippen LogP contribution in [0.5, 0.6) is 0 Å².